The minimum atomic E-state index is -0.972. The molecule has 1 fully saturated rings. The second-order valence-electron chi connectivity index (χ2n) is 4.92. The number of ether oxygens (including phenoxy) is 2. The van der Waals surface area contributed by atoms with Crippen LogP contribution in [-0.4, -0.2) is 55.3 Å². The van der Waals surface area contributed by atoms with Gasteiger partial charge in [0.15, 0.2) is 0 Å². The smallest absolute Gasteiger partial charge is 0.311 e. The van der Waals surface area contributed by atoms with Crippen molar-refractivity contribution in [3.05, 3.63) is 23.8 Å². The SMILES string of the molecule is COc1ccc(C(=O)N(C)C2COCC2C(=O)O)c(N)c1. The predicted octanol–water partition coefficient (Wildman–Crippen LogP) is 0.449. The summed E-state index contributed by atoms with van der Waals surface area (Å²) in [5, 5.41) is 9.15. The monoisotopic (exact) mass is 294 g/mol. The topological polar surface area (TPSA) is 102 Å². The van der Waals surface area contributed by atoms with Crippen molar-refractivity contribution in [3.8, 4) is 5.75 Å². The van der Waals surface area contributed by atoms with Crippen molar-refractivity contribution in [1.29, 1.82) is 0 Å². The maximum absolute atomic E-state index is 12.5. The Bertz CT molecular complexity index is 560. The highest BCUT2D eigenvalue weighted by atomic mass is 16.5. The van der Waals surface area contributed by atoms with Gasteiger partial charge in [0.2, 0.25) is 0 Å². The molecule has 1 aromatic carbocycles. The number of benzene rings is 1. The van der Waals surface area contributed by atoms with E-state index in [2.05, 4.69) is 0 Å². The van der Waals surface area contributed by atoms with Gasteiger partial charge in [0.1, 0.15) is 11.7 Å². The fourth-order valence-electron chi connectivity index (χ4n) is 2.36. The van der Waals surface area contributed by atoms with Crippen LogP contribution in [-0.2, 0) is 9.53 Å². The number of nitrogens with zero attached hydrogens (tertiary/aromatic N) is 1. The number of hydrogen-bond donors (Lipinski definition) is 2. The first-order chi connectivity index (χ1) is 9.95. The number of hydrogen-bond acceptors (Lipinski definition) is 5. The molecule has 2 unspecified atom stereocenters. The van der Waals surface area contributed by atoms with Gasteiger partial charge in [-0.3, -0.25) is 9.59 Å². The number of carboxylic acids is 1. The van der Waals surface area contributed by atoms with Crippen LogP contribution < -0.4 is 10.5 Å². The standard InChI is InChI=1S/C14H18N2O5/c1-16(12-7-21-6-10(12)14(18)19)13(17)9-4-3-8(20-2)5-11(9)15/h3-5,10,12H,6-7,15H2,1-2H3,(H,18,19). The van der Waals surface area contributed by atoms with Crippen molar-refractivity contribution in [2.75, 3.05) is 33.1 Å². The van der Waals surface area contributed by atoms with E-state index < -0.39 is 17.9 Å². The molecule has 1 aromatic rings. The van der Waals surface area contributed by atoms with E-state index >= 15 is 0 Å². The Labute approximate surface area is 122 Å². The number of aliphatic carboxylic acids is 1. The normalized spacial score (nSPS) is 21.0. The lowest BCUT2D eigenvalue weighted by molar-refractivity contribution is -0.142. The van der Waals surface area contributed by atoms with Gasteiger partial charge in [-0.25, -0.2) is 0 Å². The Balaban J connectivity index is 2.21. The van der Waals surface area contributed by atoms with Crippen LogP contribution in [0, 0.1) is 5.92 Å². The zero-order valence-electron chi connectivity index (χ0n) is 11.9. The molecule has 1 saturated heterocycles. The Morgan fingerprint density at radius 1 is 1.43 bits per heavy atom. The summed E-state index contributed by atoms with van der Waals surface area (Å²) in [5.41, 5.74) is 6.46. The third kappa shape index (κ3) is 2.92. The zero-order valence-corrected chi connectivity index (χ0v) is 11.9. The molecule has 0 bridgehead atoms. The van der Waals surface area contributed by atoms with Crippen LogP contribution in [0.2, 0.25) is 0 Å². The molecule has 1 amide bonds. The number of carboxylic acid groups (broad SMARTS) is 1. The van der Waals surface area contributed by atoms with Gasteiger partial charge in [0.05, 0.1) is 31.9 Å². The Hall–Kier alpha value is -2.28. The lowest BCUT2D eigenvalue weighted by Crippen LogP contribution is -2.44. The van der Waals surface area contributed by atoms with Gasteiger partial charge in [-0.2, -0.15) is 0 Å². The molecule has 0 saturated carbocycles. The third-order valence-corrected chi connectivity index (χ3v) is 3.67. The Morgan fingerprint density at radius 2 is 2.14 bits per heavy atom. The van der Waals surface area contributed by atoms with Crippen molar-refractivity contribution in [2.24, 2.45) is 5.92 Å². The number of nitrogen functional groups attached to an aromatic ring is 1. The highest BCUT2D eigenvalue weighted by Crippen LogP contribution is 2.24. The van der Waals surface area contributed by atoms with E-state index in [1.807, 2.05) is 0 Å². The van der Waals surface area contributed by atoms with Crippen molar-refractivity contribution in [1.82, 2.24) is 4.90 Å². The van der Waals surface area contributed by atoms with Crippen LogP contribution in [0.5, 0.6) is 5.75 Å². The summed E-state index contributed by atoms with van der Waals surface area (Å²) in [4.78, 5) is 25.0. The highest BCUT2D eigenvalue weighted by molar-refractivity contribution is 5.99. The number of methoxy groups -OCH3 is 1. The molecule has 7 heteroatoms. The number of amides is 1. The largest absolute Gasteiger partial charge is 0.497 e. The molecule has 1 aliphatic heterocycles. The van der Waals surface area contributed by atoms with E-state index in [0.29, 0.717) is 11.3 Å². The molecular formula is C14H18N2O5. The molecule has 0 radical (unpaired) electrons. The van der Waals surface area contributed by atoms with Crippen molar-refractivity contribution in [3.63, 3.8) is 0 Å². The van der Waals surface area contributed by atoms with E-state index in [-0.39, 0.29) is 24.8 Å². The number of carbonyl (C=O) groups is 2. The van der Waals surface area contributed by atoms with Gasteiger partial charge in [-0.1, -0.05) is 0 Å². The Morgan fingerprint density at radius 3 is 2.71 bits per heavy atom. The number of likely N-dealkylation sites (N-methyl/N-ethyl adjacent to an activating group) is 1. The van der Waals surface area contributed by atoms with Gasteiger partial charge in [0.25, 0.3) is 5.91 Å². The van der Waals surface area contributed by atoms with Crippen LogP contribution in [0.15, 0.2) is 18.2 Å². The van der Waals surface area contributed by atoms with Gasteiger partial charge < -0.3 is 25.2 Å². The number of carbonyl (C=O) groups excluding carboxylic acids is 1. The summed E-state index contributed by atoms with van der Waals surface area (Å²) >= 11 is 0. The van der Waals surface area contributed by atoms with E-state index in [1.54, 1.807) is 25.2 Å². The molecule has 7 nitrogen and oxygen atoms in total. The first kappa shape index (κ1) is 15.1. The first-order valence-corrected chi connectivity index (χ1v) is 6.47. The highest BCUT2D eigenvalue weighted by Gasteiger charge is 2.38. The van der Waals surface area contributed by atoms with Crippen LogP contribution in [0.1, 0.15) is 10.4 Å². The molecule has 3 N–H and O–H groups in total. The minimum absolute atomic E-state index is 0.107. The predicted molar refractivity (Wildman–Crippen MR) is 75.2 cm³/mol. The lowest BCUT2D eigenvalue weighted by atomic mass is 10.0. The molecule has 0 aromatic heterocycles. The molecule has 0 aliphatic carbocycles. The number of rotatable bonds is 4. The summed E-state index contributed by atoms with van der Waals surface area (Å²) in [7, 11) is 3.07. The second-order valence-corrected chi connectivity index (χ2v) is 4.92. The summed E-state index contributed by atoms with van der Waals surface area (Å²) < 4.78 is 10.2. The van der Waals surface area contributed by atoms with Crippen LogP contribution in [0.3, 0.4) is 0 Å². The second kappa shape index (κ2) is 6.01. The van der Waals surface area contributed by atoms with Gasteiger partial charge in [-0.15, -0.1) is 0 Å². The quantitative estimate of drug-likeness (QED) is 0.782. The molecule has 2 atom stereocenters. The maximum atomic E-state index is 12.5. The molecule has 114 valence electrons. The van der Waals surface area contributed by atoms with E-state index in [4.69, 9.17) is 20.3 Å². The third-order valence-electron chi connectivity index (χ3n) is 3.67. The van der Waals surface area contributed by atoms with Crippen LogP contribution in [0.25, 0.3) is 0 Å². The molecule has 21 heavy (non-hydrogen) atoms. The van der Waals surface area contributed by atoms with Gasteiger partial charge in [0, 0.05) is 18.8 Å². The molecule has 1 heterocycles. The van der Waals surface area contributed by atoms with Crippen LogP contribution in [0.4, 0.5) is 5.69 Å². The van der Waals surface area contributed by atoms with Crippen LogP contribution >= 0.6 is 0 Å². The first-order valence-electron chi connectivity index (χ1n) is 6.47. The molecular weight excluding hydrogens is 276 g/mol. The summed E-state index contributed by atoms with van der Waals surface area (Å²) in [5.74, 6) is -1.48. The fraction of sp³-hybridized carbons (Fsp3) is 0.429. The van der Waals surface area contributed by atoms with E-state index in [1.165, 1.54) is 12.0 Å². The summed E-state index contributed by atoms with van der Waals surface area (Å²) in [6.07, 6.45) is 0. The van der Waals surface area contributed by atoms with Crippen molar-refractivity contribution in [2.45, 2.75) is 6.04 Å². The van der Waals surface area contributed by atoms with E-state index in [9.17, 15) is 9.59 Å². The molecule has 2 rings (SSSR count). The summed E-state index contributed by atoms with van der Waals surface area (Å²) in [6, 6.07) is 4.26. The van der Waals surface area contributed by atoms with Crippen molar-refractivity contribution >= 4 is 17.6 Å². The summed E-state index contributed by atoms with van der Waals surface area (Å²) in [6.45, 7) is 0.310. The number of anilines is 1. The zero-order chi connectivity index (χ0) is 15.6. The minimum Gasteiger partial charge on any atom is -0.497 e. The van der Waals surface area contributed by atoms with E-state index in [0.717, 1.165) is 0 Å². The maximum Gasteiger partial charge on any atom is 0.311 e. The fourth-order valence-corrected chi connectivity index (χ4v) is 2.36. The Kier molecular flexibility index (Phi) is 4.32. The van der Waals surface area contributed by atoms with Gasteiger partial charge in [-0.05, 0) is 12.1 Å². The average molecular weight is 294 g/mol. The lowest BCUT2D eigenvalue weighted by Gasteiger charge is -2.26. The molecule has 0 spiro atoms. The van der Waals surface area contributed by atoms with Crippen molar-refractivity contribution < 1.29 is 24.2 Å². The van der Waals surface area contributed by atoms with Gasteiger partial charge >= 0.3 is 5.97 Å². The average Bonchev–Trinajstić information content (AvgIpc) is 2.95. The molecule has 1 aliphatic rings. The number of nitrogens with two attached hydrogens (primary N) is 1.